The van der Waals surface area contributed by atoms with Crippen LogP contribution in [0.15, 0.2) is 60.7 Å². The largest absolute Gasteiger partial charge is 0.497 e. The molecule has 2 aromatic carbocycles. The standard InChI is InChI=1S/C27H34N4O3/c1-6-30(26(33)17-12-20-10-8-7-9-11-20)19-25(32)28-24-18-23(27(2,3)4)29-31(24)21-13-15-22(34-5)16-14-21/h7-11,13-16,18H,6,12,17,19H2,1-5H3,(H,28,32). The summed E-state index contributed by atoms with van der Waals surface area (Å²) in [6.45, 7) is 8.55. The van der Waals surface area contributed by atoms with Crippen molar-refractivity contribution in [3.63, 3.8) is 0 Å². The zero-order valence-electron chi connectivity index (χ0n) is 20.7. The Balaban J connectivity index is 1.73. The topological polar surface area (TPSA) is 76.5 Å². The fraction of sp³-hybridized carbons (Fsp3) is 0.370. The van der Waals surface area contributed by atoms with Gasteiger partial charge in [-0.05, 0) is 43.2 Å². The third kappa shape index (κ3) is 6.47. The van der Waals surface area contributed by atoms with E-state index in [-0.39, 0.29) is 23.8 Å². The summed E-state index contributed by atoms with van der Waals surface area (Å²) in [6, 6.07) is 19.2. The summed E-state index contributed by atoms with van der Waals surface area (Å²) >= 11 is 0. The lowest BCUT2D eigenvalue weighted by atomic mass is 9.92. The molecule has 1 N–H and O–H groups in total. The van der Waals surface area contributed by atoms with Crippen molar-refractivity contribution >= 4 is 17.6 Å². The normalized spacial score (nSPS) is 11.2. The van der Waals surface area contributed by atoms with Gasteiger partial charge in [0.15, 0.2) is 0 Å². The van der Waals surface area contributed by atoms with Gasteiger partial charge in [0.1, 0.15) is 11.6 Å². The minimum Gasteiger partial charge on any atom is -0.497 e. The van der Waals surface area contributed by atoms with E-state index in [2.05, 4.69) is 26.1 Å². The second-order valence-corrected chi connectivity index (χ2v) is 9.22. The monoisotopic (exact) mass is 462 g/mol. The van der Waals surface area contributed by atoms with Crippen LogP contribution in [-0.2, 0) is 21.4 Å². The molecule has 0 aliphatic rings. The smallest absolute Gasteiger partial charge is 0.245 e. The number of rotatable bonds is 9. The molecule has 0 radical (unpaired) electrons. The summed E-state index contributed by atoms with van der Waals surface area (Å²) in [7, 11) is 1.62. The van der Waals surface area contributed by atoms with Gasteiger partial charge in [0, 0.05) is 24.4 Å². The van der Waals surface area contributed by atoms with Crippen molar-refractivity contribution in [1.29, 1.82) is 0 Å². The van der Waals surface area contributed by atoms with Gasteiger partial charge in [-0.1, -0.05) is 51.1 Å². The van der Waals surface area contributed by atoms with Crippen molar-refractivity contribution in [3.05, 3.63) is 71.9 Å². The Labute approximate surface area is 201 Å². The van der Waals surface area contributed by atoms with Crippen LogP contribution in [0.25, 0.3) is 5.69 Å². The van der Waals surface area contributed by atoms with Gasteiger partial charge in [0.2, 0.25) is 11.8 Å². The van der Waals surface area contributed by atoms with E-state index >= 15 is 0 Å². The number of aryl methyl sites for hydroxylation is 1. The van der Waals surface area contributed by atoms with E-state index in [1.807, 2.05) is 67.6 Å². The summed E-state index contributed by atoms with van der Waals surface area (Å²) in [4.78, 5) is 27.3. The molecule has 0 aliphatic carbocycles. The van der Waals surface area contributed by atoms with Gasteiger partial charge in [-0.3, -0.25) is 9.59 Å². The Morgan fingerprint density at radius 3 is 2.32 bits per heavy atom. The second kappa shape index (κ2) is 11.0. The zero-order chi connectivity index (χ0) is 24.7. The van der Waals surface area contributed by atoms with Crippen LogP contribution in [0.3, 0.4) is 0 Å². The predicted molar refractivity (Wildman–Crippen MR) is 134 cm³/mol. The van der Waals surface area contributed by atoms with Crippen LogP contribution >= 0.6 is 0 Å². The Kier molecular flexibility index (Phi) is 8.10. The highest BCUT2D eigenvalue weighted by atomic mass is 16.5. The lowest BCUT2D eigenvalue weighted by Crippen LogP contribution is -2.38. The highest BCUT2D eigenvalue weighted by Gasteiger charge is 2.22. The van der Waals surface area contributed by atoms with Gasteiger partial charge in [-0.2, -0.15) is 5.10 Å². The number of likely N-dealkylation sites (N-methyl/N-ethyl adjacent to an activating group) is 1. The molecule has 0 atom stereocenters. The Bertz CT molecular complexity index is 1100. The third-order valence-electron chi connectivity index (χ3n) is 5.60. The van der Waals surface area contributed by atoms with E-state index < -0.39 is 0 Å². The van der Waals surface area contributed by atoms with E-state index in [0.717, 1.165) is 22.7 Å². The average Bonchev–Trinajstić information content (AvgIpc) is 3.26. The number of hydrogen-bond acceptors (Lipinski definition) is 4. The number of anilines is 1. The third-order valence-corrected chi connectivity index (χ3v) is 5.60. The van der Waals surface area contributed by atoms with E-state index in [4.69, 9.17) is 9.84 Å². The first-order valence-corrected chi connectivity index (χ1v) is 11.6. The molecule has 3 rings (SSSR count). The fourth-order valence-electron chi connectivity index (χ4n) is 3.54. The maximum Gasteiger partial charge on any atom is 0.245 e. The average molecular weight is 463 g/mol. The molecule has 0 aliphatic heterocycles. The van der Waals surface area contributed by atoms with Crippen molar-refractivity contribution < 1.29 is 14.3 Å². The van der Waals surface area contributed by atoms with Gasteiger partial charge in [-0.15, -0.1) is 0 Å². The minimum atomic E-state index is -0.259. The fourth-order valence-corrected chi connectivity index (χ4v) is 3.54. The molecular weight excluding hydrogens is 428 g/mol. The molecule has 0 saturated carbocycles. The molecule has 1 heterocycles. The number of aromatic nitrogens is 2. The van der Waals surface area contributed by atoms with Gasteiger partial charge in [0.25, 0.3) is 0 Å². The van der Waals surface area contributed by atoms with E-state index in [1.54, 1.807) is 16.7 Å². The van der Waals surface area contributed by atoms with Crippen LogP contribution in [0.5, 0.6) is 5.75 Å². The van der Waals surface area contributed by atoms with Crippen LogP contribution in [0.2, 0.25) is 0 Å². The highest BCUT2D eigenvalue weighted by Crippen LogP contribution is 2.27. The molecule has 7 heteroatoms. The number of carbonyl (C=O) groups is 2. The molecule has 0 saturated heterocycles. The number of carbonyl (C=O) groups excluding carboxylic acids is 2. The van der Waals surface area contributed by atoms with E-state index in [9.17, 15) is 9.59 Å². The quantitative estimate of drug-likeness (QED) is 0.504. The molecule has 0 spiro atoms. The number of benzene rings is 2. The summed E-state index contributed by atoms with van der Waals surface area (Å²) in [5.41, 5.74) is 2.57. The molecular formula is C27H34N4O3. The van der Waals surface area contributed by atoms with Crippen LogP contribution in [0, 0.1) is 0 Å². The van der Waals surface area contributed by atoms with Gasteiger partial charge in [0.05, 0.1) is 25.0 Å². The zero-order valence-corrected chi connectivity index (χ0v) is 20.7. The van der Waals surface area contributed by atoms with Crippen molar-refractivity contribution in [1.82, 2.24) is 14.7 Å². The first-order valence-electron chi connectivity index (χ1n) is 11.6. The Hall–Kier alpha value is -3.61. The van der Waals surface area contributed by atoms with E-state index in [1.165, 1.54) is 0 Å². The highest BCUT2D eigenvalue weighted by molar-refractivity contribution is 5.94. The summed E-state index contributed by atoms with van der Waals surface area (Å²) in [5, 5.41) is 7.70. The number of methoxy groups -OCH3 is 1. The van der Waals surface area contributed by atoms with Gasteiger partial charge < -0.3 is 15.0 Å². The van der Waals surface area contributed by atoms with Crippen molar-refractivity contribution in [3.8, 4) is 11.4 Å². The number of nitrogens with one attached hydrogen (secondary N) is 1. The summed E-state index contributed by atoms with van der Waals surface area (Å²) in [5.74, 6) is 1.00. The van der Waals surface area contributed by atoms with Gasteiger partial charge >= 0.3 is 0 Å². The van der Waals surface area contributed by atoms with Crippen molar-refractivity contribution in [2.24, 2.45) is 0 Å². The molecule has 0 bridgehead atoms. The van der Waals surface area contributed by atoms with Crippen LogP contribution in [0.4, 0.5) is 5.82 Å². The van der Waals surface area contributed by atoms with Crippen molar-refractivity contribution in [2.45, 2.75) is 46.0 Å². The lowest BCUT2D eigenvalue weighted by Gasteiger charge is -2.20. The first kappa shape index (κ1) is 25.0. The number of nitrogens with zero attached hydrogens (tertiary/aromatic N) is 3. The maximum absolute atomic E-state index is 12.9. The molecule has 7 nitrogen and oxygen atoms in total. The number of hydrogen-bond donors (Lipinski definition) is 1. The lowest BCUT2D eigenvalue weighted by molar-refractivity contribution is -0.134. The number of ether oxygens (including phenoxy) is 1. The van der Waals surface area contributed by atoms with Gasteiger partial charge in [-0.25, -0.2) is 4.68 Å². The molecule has 3 aromatic rings. The maximum atomic E-state index is 12.9. The molecule has 0 unspecified atom stereocenters. The molecule has 0 fully saturated rings. The summed E-state index contributed by atoms with van der Waals surface area (Å²) in [6.07, 6.45) is 1.01. The van der Waals surface area contributed by atoms with Crippen molar-refractivity contribution in [2.75, 3.05) is 25.5 Å². The number of amides is 2. The Morgan fingerprint density at radius 2 is 1.74 bits per heavy atom. The molecule has 34 heavy (non-hydrogen) atoms. The molecule has 1 aromatic heterocycles. The summed E-state index contributed by atoms with van der Waals surface area (Å²) < 4.78 is 6.96. The van der Waals surface area contributed by atoms with E-state index in [0.29, 0.717) is 25.2 Å². The van der Waals surface area contributed by atoms with Crippen LogP contribution in [0.1, 0.15) is 45.4 Å². The predicted octanol–water partition coefficient (Wildman–Crippen LogP) is 4.60. The second-order valence-electron chi connectivity index (χ2n) is 9.22. The SMILES string of the molecule is CCN(CC(=O)Nc1cc(C(C)(C)C)nn1-c1ccc(OC)cc1)C(=O)CCc1ccccc1. The van der Waals surface area contributed by atoms with Crippen LogP contribution in [-0.4, -0.2) is 46.7 Å². The minimum absolute atomic E-state index is 0.0111. The van der Waals surface area contributed by atoms with Crippen LogP contribution < -0.4 is 10.1 Å². The first-order chi connectivity index (χ1) is 16.2. The molecule has 2 amide bonds. The Morgan fingerprint density at radius 1 is 1.06 bits per heavy atom. The molecule has 180 valence electrons.